The average Bonchev–Trinajstić information content (AvgIpc) is 3.00. The Bertz CT molecular complexity index is 527. The Balaban J connectivity index is 0.00000312. The molecule has 0 spiro atoms. The molecule has 0 radical (unpaired) electrons. The van der Waals surface area contributed by atoms with Crippen LogP contribution in [0.4, 0.5) is 0 Å². The molecule has 1 aliphatic rings. The van der Waals surface area contributed by atoms with Gasteiger partial charge in [0.05, 0.1) is 5.69 Å². The summed E-state index contributed by atoms with van der Waals surface area (Å²) in [5.41, 5.74) is 1.34. The first-order valence-electron chi connectivity index (χ1n) is 9.05. The molecule has 144 valence electrons. The van der Waals surface area contributed by atoms with Crippen LogP contribution in [0.2, 0.25) is 0 Å². The number of rotatable bonds is 9. The van der Waals surface area contributed by atoms with Crippen LogP contribution >= 0.6 is 24.0 Å². The first-order chi connectivity index (χ1) is 11.6. The normalized spacial score (nSPS) is 16.3. The van der Waals surface area contributed by atoms with Crippen LogP contribution < -0.4 is 10.6 Å². The zero-order valence-electron chi connectivity index (χ0n) is 15.9. The molecule has 0 amide bonds. The molecule has 2 rings (SSSR count). The van der Waals surface area contributed by atoms with Gasteiger partial charge >= 0.3 is 0 Å². The summed E-state index contributed by atoms with van der Waals surface area (Å²) in [5, 5.41) is 10.9. The van der Waals surface area contributed by atoms with Gasteiger partial charge in [-0.25, -0.2) is 4.99 Å². The minimum atomic E-state index is 0. The number of ether oxygens (including phenoxy) is 1. The van der Waals surface area contributed by atoms with Crippen LogP contribution in [0.5, 0.6) is 0 Å². The maximum atomic E-state index is 5.36. The van der Waals surface area contributed by atoms with E-state index in [9.17, 15) is 0 Å². The first-order valence-corrected chi connectivity index (χ1v) is 9.05. The predicted octanol–water partition coefficient (Wildman–Crippen LogP) is 3.68. The van der Waals surface area contributed by atoms with E-state index in [2.05, 4.69) is 41.6 Å². The van der Waals surface area contributed by atoms with E-state index < -0.39 is 0 Å². The quantitative estimate of drug-likeness (QED) is 0.332. The number of guanidine groups is 1. The predicted molar refractivity (Wildman–Crippen MR) is 112 cm³/mol. The van der Waals surface area contributed by atoms with Crippen molar-refractivity contribution in [3.63, 3.8) is 0 Å². The van der Waals surface area contributed by atoms with Crippen molar-refractivity contribution < 1.29 is 9.26 Å². The summed E-state index contributed by atoms with van der Waals surface area (Å²) in [4.78, 5) is 4.63. The number of methoxy groups -OCH3 is 1. The van der Waals surface area contributed by atoms with Gasteiger partial charge in [-0.05, 0) is 37.5 Å². The third-order valence-electron chi connectivity index (χ3n) is 4.79. The molecule has 0 bridgehead atoms. The van der Waals surface area contributed by atoms with Crippen LogP contribution in [-0.4, -0.2) is 37.9 Å². The fourth-order valence-electron chi connectivity index (χ4n) is 2.96. The highest BCUT2D eigenvalue weighted by atomic mass is 127. The van der Waals surface area contributed by atoms with Gasteiger partial charge in [-0.15, -0.1) is 24.0 Å². The van der Waals surface area contributed by atoms with Gasteiger partial charge < -0.3 is 19.9 Å². The van der Waals surface area contributed by atoms with Gasteiger partial charge in [0.1, 0.15) is 6.54 Å². The number of hydrogen-bond acceptors (Lipinski definition) is 4. The molecule has 1 heterocycles. The number of nitrogens with zero attached hydrogens (tertiary/aromatic N) is 2. The second-order valence-electron chi connectivity index (χ2n) is 7.02. The zero-order valence-corrected chi connectivity index (χ0v) is 18.3. The molecule has 1 aromatic heterocycles. The van der Waals surface area contributed by atoms with Crippen molar-refractivity contribution in [2.45, 2.75) is 58.9 Å². The van der Waals surface area contributed by atoms with Gasteiger partial charge in [-0.2, -0.15) is 0 Å². The fourth-order valence-corrected chi connectivity index (χ4v) is 2.96. The van der Waals surface area contributed by atoms with Crippen molar-refractivity contribution in [1.82, 2.24) is 15.8 Å². The first kappa shape index (κ1) is 22.2. The van der Waals surface area contributed by atoms with E-state index >= 15 is 0 Å². The van der Waals surface area contributed by atoms with E-state index in [4.69, 9.17) is 9.26 Å². The van der Waals surface area contributed by atoms with Crippen LogP contribution in [0.3, 0.4) is 0 Å². The lowest BCUT2D eigenvalue weighted by atomic mass is 9.67. The fraction of sp³-hybridized carbons (Fsp3) is 0.778. The SMILES string of the molecule is CCNC(=NCc1cc(C(C)C)no1)NCC1(CCOC)CCC1.I. The van der Waals surface area contributed by atoms with E-state index in [1.807, 2.05) is 6.07 Å². The molecular weight excluding hydrogens is 431 g/mol. The number of hydrogen-bond donors (Lipinski definition) is 2. The summed E-state index contributed by atoms with van der Waals surface area (Å²) in [6.07, 6.45) is 4.95. The van der Waals surface area contributed by atoms with Gasteiger partial charge in [-0.1, -0.05) is 25.4 Å². The zero-order chi connectivity index (χ0) is 17.4. The number of aromatic nitrogens is 1. The number of halogens is 1. The molecule has 1 saturated carbocycles. The Morgan fingerprint density at radius 3 is 2.68 bits per heavy atom. The Kier molecular flexibility index (Phi) is 9.78. The monoisotopic (exact) mass is 464 g/mol. The summed E-state index contributed by atoms with van der Waals surface area (Å²) in [5.74, 6) is 2.01. The van der Waals surface area contributed by atoms with Crippen molar-refractivity contribution in [2.75, 3.05) is 26.8 Å². The largest absolute Gasteiger partial charge is 0.385 e. The highest BCUT2D eigenvalue weighted by Gasteiger charge is 2.36. The van der Waals surface area contributed by atoms with Gasteiger partial charge in [0.2, 0.25) is 0 Å². The van der Waals surface area contributed by atoms with Crippen LogP contribution in [-0.2, 0) is 11.3 Å². The molecule has 25 heavy (non-hydrogen) atoms. The summed E-state index contributed by atoms with van der Waals surface area (Å²) < 4.78 is 10.6. The van der Waals surface area contributed by atoms with E-state index in [-0.39, 0.29) is 24.0 Å². The second-order valence-corrected chi connectivity index (χ2v) is 7.02. The smallest absolute Gasteiger partial charge is 0.191 e. The minimum absolute atomic E-state index is 0. The van der Waals surface area contributed by atoms with Crippen LogP contribution in [0.25, 0.3) is 0 Å². The lowest BCUT2D eigenvalue weighted by molar-refractivity contribution is 0.0732. The van der Waals surface area contributed by atoms with E-state index in [1.165, 1.54) is 19.3 Å². The molecule has 0 aromatic carbocycles. The molecule has 0 atom stereocenters. The lowest BCUT2D eigenvalue weighted by Gasteiger charge is -2.42. The standard InChI is InChI=1S/C18H32N4O2.HI/c1-5-19-17(20-12-15-11-16(14(2)3)22-24-15)21-13-18(7-6-8-18)9-10-23-4;/h11,14H,5-10,12-13H2,1-4H3,(H2,19,20,21);1H. The van der Waals surface area contributed by atoms with Gasteiger partial charge in [0.25, 0.3) is 0 Å². The average molecular weight is 464 g/mol. The Morgan fingerprint density at radius 2 is 2.16 bits per heavy atom. The van der Waals surface area contributed by atoms with Gasteiger partial charge in [0.15, 0.2) is 11.7 Å². The molecule has 1 aliphatic carbocycles. The van der Waals surface area contributed by atoms with Crippen molar-refractivity contribution in [1.29, 1.82) is 0 Å². The number of nitrogens with one attached hydrogen (secondary N) is 2. The number of aliphatic imine (C=N–C) groups is 1. The molecule has 1 aromatic rings. The van der Waals surface area contributed by atoms with Crippen molar-refractivity contribution >= 4 is 29.9 Å². The minimum Gasteiger partial charge on any atom is -0.385 e. The summed E-state index contributed by atoms with van der Waals surface area (Å²) in [6.45, 7) is 9.39. The summed E-state index contributed by atoms with van der Waals surface area (Å²) >= 11 is 0. The molecule has 0 saturated heterocycles. The van der Waals surface area contributed by atoms with E-state index in [1.54, 1.807) is 7.11 Å². The third kappa shape index (κ3) is 6.77. The van der Waals surface area contributed by atoms with Crippen molar-refractivity contribution in [2.24, 2.45) is 10.4 Å². The van der Waals surface area contributed by atoms with Gasteiger partial charge in [-0.3, -0.25) is 0 Å². The Morgan fingerprint density at radius 1 is 1.40 bits per heavy atom. The van der Waals surface area contributed by atoms with E-state index in [0.29, 0.717) is 17.9 Å². The topological polar surface area (TPSA) is 71.7 Å². The second kappa shape index (κ2) is 11.0. The highest BCUT2D eigenvalue weighted by Crippen LogP contribution is 2.43. The Hall–Kier alpha value is -0.830. The highest BCUT2D eigenvalue weighted by molar-refractivity contribution is 14.0. The molecule has 6 nitrogen and oxygen atoms in total. The summed E-state index contributed by atoms with van der Waals surface area (Å²) in [7, 11) is 1.77. The molecular formula is C18H33IN4O2. The van der Waals surface area contributed by atoms with Crippen LogP contribution in [0, 0.1) is 5.41 Å². The molecule has 1 fully saturated rings. The molecule has 0 unspecified atom stereocenters. The maximum Gasteiger partial charge on any atom is 0.191 e. The maximum absolute atomic E-state index is 5.36. The van der Waals surface area contributed by atoms with Gasteiger partial charge in [0, 0.05) is 32.9 Å². The molecule has 0 aliphatic heterocycles. The van der Waals surface area contributed by atoms with Crippen LogP contribution in [0.15, 0.2) is 15.6 Å². The summed E-state index contributed by atoms with van der Waals surface area (Å²) in [6, 6.07) is 1.99. The lowest BCUT2D eigenvalue weighted by Crippen LogP contribution is -2.46. The molecule has 7 heteroatoms. The third-order valence-corrected chi connectivity index (χ3v) is 4.79. The van der Waals surface area contributed by atoms with Crippen molar-refractivity contribution in [3.8, 4) is 0 Å². The van der Waals surface area contributed by atoms with Crippen LogP contribution in [0.1, 0.15) is 63.8 Å². The Labute approximate surface area is 168 Å². The van der Waals surface area contributed by atoms with E-state index in [0.717, 1.165) is 43.5 Å². The van der Waals surface area contributed by atoms with Crippen molar-refractivity contribution in [3.05, 3.63) is 17.5 Å². The molecule has 2 N–H and O–H groups in total.